The van der Waals surface area contributed by atoms with E-state index >= 15 is 0 Å². The summed E-state index contributed by atoms with van der Waals surface area (Å²) in [5, 5.41) is 14.8. The van der Waals surface area contributed by atoms with Gasteiger partial charge in [-0.1, -0.05) is 41.5 Å². The van der Waals surface area contributed by atoms with Crippen molar-refractivity contribution in [3.8, 4) is 0 Å². The first-order valence-electron chi connectivity index (χ1n) is 16.1. The molecule has 1 fully saturated rings. The molecular weight excluding hydrogens is 598 g/mol. The number of ketones is 1. The maximum Gasteiger partial charge on any atom is 0.366 e. The molecule has 15 heteroatoms. The van der Waals surface area contributed by atoms with Gasteiger partial charge in [-0.05, 0) is 26.6 Å². The maximum absolute atomic E-state index is 12.9. The number of likely N-dealkylation sites (N-methyl/N-ethyl adjacent to an activating group) is 3. The number of hydrazine groups is 1. The predicted molar refractivity (Wildman–Crippen MR) is 173 cm³/mol. The fourth-order valence-corrected chi connectivity index (χ4v) is 4.87. The van der Waals surface area contributed by atoms with Gasteiger partial charge in [0.25, 0.3) is 0 Å². The van der Waals surface area contributed by atoms with E-state index in [2.05, 4.69) is 16.1 Å². The van der Waals surface area contributed by atoms with Gasteiger partial charge in [0.2, 0.25) is 18.0 Å². The van der Waals surface area contributed by atoms with E-state index in [0.717, 1.165) is 6.54 Å². The van der Waals surface area contributed by atoms with Crippen molar-refractivity contribution in [2.75, 3.05) is 86.2 Å². The number of nitrogens with one attached hydrogen (secondary N) is 3. The molecule has 1 aliphatic heterocycles. The molecule has 2 amide bonds. The molecule has 6 N–H and O–H groups in total. The number of hydrogen-bond donors (Lipinski definition) is 5. The minimum Gasteiger partial charge on any atom is -0.480 e. The van der Waals surface area contributed by atoms with Crippen LogP contribution in [-0.4, -0.2) is 147 Å². The normalized spacial score (nSPS) is 19.3. The van der Waals surface area contributed by atoms with Gasteiger partial charge in [0.15, 0.2) is 12.3 Å². The van der Waals surface area contributed by atoms with Crippen LogP contribution in [0.2, 0.25) is 0 Å². The number of amides is 2. The number of carbonyl (C=O) groups excluding carboxylic acids is 4. The highest BCUT2D eigenvalue weighted by molar-refractivity contribution is 5.82. The Labute approximate surface area is 274 Å². The van der Waals surface area contributed by atoms with E-state index in [1.54, 1.807) is 0 Å². The third-order valence-corrected chi connectivity index (χ3v) is 8.26. The van der Waals surface area contributed by atoms with Crippen molar-refractivity contribution in [2.45, 2.75) is 73.1 Å². The van der Waals surface area contributed by atoms with Crippen LogP contribution in [0.25, 0.3) is 0 Å². The minimum atomic E-state index is -1.11. The number of quaternary nitrogens is 1. The van der Waals surface area contributed by atoms with Crippen LogP contribution >= 0.6 is 0 Å². The summed E-state index contributed by atoms with van der Waals surface area (Å²) < 4.78 is 11.8. The highest BCUT2D eigenvalue weighted by atomic mass is 16.6. The second-order valence-corrected chi connectivity index (χ2v) is 14.2. The van der Waals surface area contributed by atoms with Gasteiger partial charge in [0.1, 0.15) is 6.04 Å². The van der Waals surface area contributed by atoms with Crippen LogP contribution in [0.3, 0.4) is 0 Å². The number of ether oxygens (including phenoxy) is 2. The van der Waals surface area contributed by atoms with Gasteiger partial charge in [-0.2, -0.15) is 0 Å². The average molecular weight is 659 g/mol. The monoisotopic (exact) mass is 658 g/mol. The standard InChI is InChI=1S/C31H59N7O8/c1-9-36(7)16-23(39)15-27-38(8,18-28(42)46-27)14-13-37(10-2)17-26(41)34-20-31(5,6)22-45-21-30(3,4)19-33-25(40)12-11-24(35-32)29(43)44/h24,27,35H,9-22,32H2,1-8H3,(H2-,33,34,40,41,43,44)/p+1/t24?,27-,38?/m1/s1. The van der Waals surface area contributed by atoms with Crippen LogP contribution in [0.15, 0.2) is 0 Å². The molecule has 0 aliphatic carbocycles. The van der Waals surface area contributed by atoms with Crippen LogP contribution in [0.1, 0.15) is 60.8 Å². The number of aliphatic carboxylic acids is 1. The van der Waals surface area contributed by atoms with Crippen LogP contribution in [-0.2, 0) is 33.4 Å². The molecule has 0 spiro atoms. The Morgan fingerprint density at radius 2 is 1.63 bits per heavy atom. The number of carbonyl (C=O) groups is 5. The highest BCUT2D eigenvalue weighted by Crippen LogP contribution is 2.23. The SMILES string of the molecule is CCN(C)CC(=O)C[C@H]1OC(=O)C[N+]1(C)CCN(CC)CC(=O)NCC(C)(C)COCC(C)(C)CNC(=O)CCC(NN)C(=O)O. The van der Waals surface area contributed by atoms with E-state index in [1.807, 2.05) is 65.4 Å². The summed E-state index contributed by atoms with van der Waals surface area (Å²) in [6, 6.07) is -0.981. The Balaban J connectivity index is 2.47. The highest BCUT2D eigenvalue weighted by Gasteiger charge is 2.46. The lowest BCUT2D eigenvalue weighted by molar-refractivity contribution is -0.930. The van der Waals surface area contributed by atoms with Gasteiger partial charge in [-0.15, -0.1) is 0 Å². The molecule has 46 heavy (non-hydrogen) atoms. The molecule has 266 valence electrons. The Morgan fingerprint density at radius 3 is 2.15 bits per heavy atom. The van der Waals surface area contributed by atoms with Crippen molar-refractivity contribution in [1.82, 2.24) is 25.9 Å². The molecule has 0 aromatic rings. The number of nitrogens with two attached hydrogens (primary N) is 1. The minimum absolute atomic E-state index is 0.0332. The van der Waals surface area contributed by atoms with E-state index in [9.17, 15) is 24.0 Å². The van der Waals surface area contributed by atoms with Crippen molar-refractivity contribution in [3.63, 3.8) is 0 Å². The predicted octanol–water partition coefficient (Wildman–Crippen LogP) is -0.453. The maximum atomic E-state index is 12.9. The number of esters is 1. The van der Waals surface area contributed by atoms with E-state index in [-0.39, 0.29) is 66.7 Å². The Morgan fingerprint density at radius 1 is 1.04 bits per heavy atom. The van der Waals surface area contributed by atoms with Crippen molar-refractivity contribution < 1.29 is 43.0 Å². The van der Waals surface area contributed by atoms with Crippen LogP contribution in [0.4, 0.5) is 0 Å². The van der Waals surface area contributed by atoms with E-state index < -0.39 is 18.2 Å². The largest absolute Gasteiger partial charge is 0.480 e. The quantitative estimate of drug-likeness (QED) is 0.0389. The fraction of sp³-hybridized carbons (Fsp3) is 0.839. The van der Waals surface area contributed by atoms with E-state index in [1.165, 1.54) is 0 Å². The summed E-state index contributed by atoms with van der Waals surface area (Å²) >= 11 is 0. The van der Waals surface area contributed by atoms with Gasteiger partial charge < -0.3 is 25.2 Å². The third kappa shape index (κ3) is 15.7. The number of cyclic esters (lactones) is 1. The molecule has 0 radical (unpaired) electrons. The topological polar surface area (TPSA) is 193 Å². The van der Waals surface area contributed by atoms with Gasteiger partial charge in [0.05, 0.1) is 46.3 Å². The van der Waals surface area contributed by atoms with Gasteiger partial charge >= 0.3 is 11.9 Å². The molecule has 3 atom stereocenters. The molecular formula is C31H60N7O8+. The molecule has 0 saturated carbocycles. The Kier molecular flexibility index (Phi) is 17.3. The summed E-state index contributed by atoms with van der Waals surface area (Å²) in [6.07, 6.45) is -0.236. The molecule has 1 aliphatic rings. The Hall–Kier alpha value is -2.69. The second kappa shape index (κ2) is 19.2. The van der Waals surface area contributed by atoms with Gasteiger partial charge in [-0.3, -0.25) is 39.3 Å². The van der Waals surface area contributed by atoms with E-state index in [4.69, 9.17) is 20.4 Å². The summed E-state index contributed by atoms with van der Waals surface area (Å²) in [5.41, 5.74) is 1.47. The average Bonchev–Trinajstić information content (AvgIpc) is 3.24. The van der Waals surface area contributed by atoms with Crippen molar-refractivity contribution >= 4 is 29.5 Å². The number of hydrogen-bond acceptors (Lipinski definition) is 11. The van der Waals surface area contributed by atoms with Gasteiger partial charge in [0, 0.05) is 36.9 Å². The number of carboxylic acid groups (broad SMARTS) is 1. The third-order valence-electron chi connectivity index (χ3n) is 8.26. The summed E-state index contributed by atoms with van der Waals surface area (Å²) in [6.45, 7) is 16.7. The number of carboxylic acids is 1. The van der Waals surface area contributed by atoms with E-state index in [0.29, 0.717) is 57.0 Å². The smallest absolute Gasteiger partial charge is 0.366 e. The van der Waals surface area contributed by atoms with Crippen molar-refractivity contribution in [3.05, 3.63) is 0 Å². The van der Waals surface area contributed by atoms with Crippen LogP contribution < -0.4 is 21.9 Å². The van der Waals surface area contributed by atoms with Crippen LogP contribution in [0, 0.1) is 10.8 Å². The molecule has 1 saturated heterocycles. The molecule has 15 nitrogen and oxygen atoms in total. The lowest BCUT2D eigenvalue weighted by atomic mass is 9.93. The van der Waals surface area contributed by atoms with Gasteiger partial charge in [-0.25, -0.2) is 10.2 Å². The molecule has 1 heterocycles. The number of rotatable bonds is 24. The summed E-state index contributed by atoms with van der Waals surface area (Å²) in [7, 11) is 3.80. The second-order valence-electron chi connectivity index (χ2n) is 14.2. The fourth-order valence-electron chi connectivity index (χ4n) is 4.87. The zero-order chi connectivity index (χ0) is 35.1. The summed E-state index contributed by atoms with van der Waals surface area (Å²) in [4.78, 5) is 64.7. The first kappa shape index (κ1) is 41.3. The zero-order valence-electron chi connectivity index (χ0n) is 29.3. The summed E-state index contributed by atoms with van der Waals surface area (Å²) in [5.74, 6) is 3.44. The molecule has 1 rings (SSSR count). The van der Waals surface area contributed by atoms with Crippen molar-refractivity contribution in [2.24, 2.45) is 16.7 Å². The lowest BCUT2D eigenvalue weighted by Crippen LogP contribution is -2.54. The molecule has 0 bridgehead atoms. The first-order valence-corrected chi connectivity index (χ1v) is 16.1. The number of nitrogens with zero attached hydrogens (tertiary/aromatic N) is 3. The zero-order valence-corrected chi connectivity index (χ0v) is 29.3. The molecule has 0 aromatic heterocycles. The number of Topliss-reactive ketones (excluding diaryl/α,β-unsaturated/α-hetero) is 1. The first-order chi connectivity index (χ1) is 21.3. The lowest BCUT2D eigenvalue weighted by Gasteiger charge is -2.34. The van der Waals surface area contributed by atoms with Crippen LogP contribution in [0.5, 0.6) is 0 Å². The molecule has 2 unspecified atom stereocenters. The Bertz CT molecular complexity index is 1020. The molecule has 0 aromatic carbocycles. The van der Waals surface area contributed by atoms with Crippen molar-refractivity contribution in [1.29, 1.82) is 0 Å².